The summed E-state index contributed by atoms with van der Waals surface area (Å²) in [5.74, 6) is -1.09. The van der Waals surface area contributed by atoms with Crippen molar-refractivity contribution in [2.75, 3.05) is 18.6 Å². The highest BCUT2D eigenvalue weighted by molar-refractivity contribution is 6.10. The number of fused-ring (bicyclic) bond motifs is 1. The van der Waals surface area contributed by atoms with Gasteiger partial charge in [0.25, 0.3) is 5.91 Å². The molecule has 1 aromatic heterocycles. The molecule has 0 spiro atoms. The molecule has 4 rings (SSSR count). The second-order valence-corrected chi connectivity index (χ2v) is 7.07. The largest absolute Gasteiger partial charge is 0.465 e. The van der Waals surface area contributed by atoms with Gasteiger partial charge in [-0.1, -0.05) is 12.1 Å². The highest BCUT2D eigenvalue weighted by Crippen LogP contribution is 2.42. The third-order valence-electron chi connectivity index (χ3n) is 5.25. The van der Waals surface area contributed by atoms with E-state index in [1.165, 1.54) is 7.11 Å². The lowest BCUT2D eigenvalue weighted by Crippen LogP contribution is -2.29. The third-order valence-corrected chi connectivity index (χ3v) is 5.25. The number of methoxy groups -OCH3 is 1. The van der Waals surface area contributed by atoms with Gasteiger partial charge in [-0.25, -0.2) is 9.59 Å². The van der Waals surface area contributed by atoms with Crippen LogP contribution in [0.25, 0.3) is 0 Å². The number of nitrogens with zero attached hydrogens (tertiary/aromatic N) is 2. The normalized spacial score (nSPS) is 15.0. The summed E-state index contributed by atoms with van der Waals surface area (Å²) in [6, 6.07) is 13.2. The van der Waals surface area contributed by atoms with Crippen LogP contribution in [0.3, 0.4) is 0 Å². The molecule has 1 N–H and O–H groups in total. The van der Waals surface area contributed by atoms with Crippen LogP contribution in [0.15, 0.2) is 48.5 Å². The number of amides is 1. The number of benzene rings is 2. The van der Waals surface area contributed by atoms with Crippen LogP contribution >= 0.6 is 0 Å². The second kappa shape index (κ2) is 8.06. The SMILES string of the molecule is CCOC(=O)c1ccc(N2C(=O)c3n[nH]c(C)c3[C@H]2c2ccc(C(=O)OC)cc2)cc1. The lowest BCUT2D eigenvalue weighted by Gasteiger charge is -2.26. The van der Waals surface area contributed by atoms with Gasteiger partial charge >= 0.3 is 11.9 Å². The minimum atomic E-state index is -0.430. The van der Waals surface area contributed by atoms with Crippen molar-refractivity contribution in [2.24, 2.45) is 0 Å². The molecule has 0 fully saturated rings. The lowest BCUT2D eigenvalue weighted by atomic mass is 9.97. The van der Waals surface area contributed by atoms with Crippen molar-refractivity contribution in [3.63, 3.8) is 0 Å². The molecule has 1 aliphatic heterocycles. The number of H-pyrrole nitrogens is 1. The molecule has 8 heteroatoms. The Kier molecular flexibility index (Phi) is 5.29. The zero-order chi connectivity index (χ0) is 22.1. The van der Waals surface area contributed by atoms with Crippen LogP contribution in [0.2, 0.25) is 0 Å². The molecule has 158 valence electrons. The average Bonchev–Trinajstić information content (AvgIpc) is 3.31. The topological polar surface area (TPSA) is 102 Å². The molecule has 1 amide bonds. The van der Waals surface area contributed by atoms with Gasteiger partial charge in [0.15, 0.2) is 5.69 Å². The van der Waals surface area contributed by atoms with Gasteiger partial charge in [0.2, 0.25) is 0 Å². The van der Waals surface area contributed by atoms with Crippen LogP contribution in [0.5, 0.6) is 0 Å². The van der Waals surface area contributed by atoms with Gasteiger partial charge in [-0.2, -0.15) is 5.10 Å². The van der Waals surface area contributed by atoms with Gasteiger partial charge in [0.05, 0.1) is 30.9 Å². The number of hydrogen-bond donors (Lipinski definition) is 1. The number of ether oxygens (including phenoxy) is 2. The van der Waals surface area contributed by atoms with E-state index in [-0.39, 0.29) is 12.5 Å². The molecule has 0 saturated heterocycles. The Labute approximate surface area is 178 Å². The number of carbonyl (C=O) groups excluding carboxylic acids is 3. The summed E-state index contributed by atoms with van der Waals surface area (Å²) in [4.78, 5) is 38.6. The Balaban J connectivity index is 1.75. The Morgan fingerprint density at radius 3 is 2.26 bits per heavy atom. The van der Waals surface area contributed by atoms with Crippen molar-refractivity contribution < 1.29 is 23.9 Å². The monoisotopic (exact) mass is 419 g/mol. The predicted octanol–water partition coefficient (Wildman–Crippen LogP) is 3.43. The number of rotatable bonds is 5. The van der Waals surface area contributed by atoms with Crippen molar-refractivity contribution >= 4 is 23.5 Å². The van der Waals surface area contributed by atoms with E-state index in [0.29, 0.717) is 22.5 Å². The standard InChI is InChI=1S/C23H21N3O5/c1-4-31-23(29)16-9-11-17(12-10-16)26-20(18-13(2)24-25-19(18)21(26)27)14-5-7-15(8-6-14)22(28)30-3/h5-12,20H,4H2,1-3H3,(H,24,25)/t20-/m1/s1. The third kappa shape index (κ3) is 3.46. The molecule has 8 nitrogen and oxygen atoms in total. The van der Waals surface area contributed by atoms with Crippen molar-refractivity contribution in [1.82, 2.24) is 10.2 Å². The Hall–Kier alpha value is -3.94. The minimum absolute atomic E-state index is 0.245. The number of carbonyl (C=O) groups is 3. The molecule has 3 aromatic rings. The average molecular weight is 419 g/mol. The van der Waals surface area contributed by atoms with Gasteiger partial charge in [0, 0.05) is 16.9 Å². The van der Waals surface area contributed by atoms with Crippen LogP contribution in [0.4, 0.5) is 5.69 Å². The van der Waals surface area contributed by atoms with E-state index in [2.05, 4.69) is 10.2 Å². The molecule has 1 atom stereocenters. The first-order valence-electron chi connectivity index (χ1n) is 9.80. The molecule has 0 bridgehead atoms. The maximum Gasteiger partial charge on any atom is 0.338 e. The molecule has 0 aliphatic carbocycles. The molecule has 0 saturated carbocycles. The zero-order valence-electron chi connectivity index (χ0n) is 17.3. The summed E-state index contributed by atoms with van der Waals surface area (Å²) in [7, 11) is 1.33. The highest BCUT2D eigenvalue weighted by atomic mass is 16.5. The summed E-state index contributed by atoms with van der Waals surface area (Å²) in [5, 5.41) is 7.08. The molecule has 31 heavy (non-hydrogen) atoms. The zero-order valence-corrected chi connectivity index (χ0v) is 17.3. The molecular formula is C23H21N3O5. The second-order valence-electron chi connectivity index (χ2n) is 7.07. The first kappa shape index (κ1) is 20.3. The molecule has 0 unspecified atom stereocenters. The summed E-state index contributed by atoms with van der Waals surface area (Å²) in [6.07, 6.45) is 0. The van der Waals surface area contributed by atoms with E-state index < -0.39 is 18.0 Å². The van der Waals surface area contributed by atoms with Crippen LogP contribution in [0, 0.1) is 6.92 Å². The number of anilines is 1. The molecule has 2 aromatic carbocycles. The Morgan fingerprint density at radius 2 is 1.65 bits per heavy atom. The molecule has 1 aliphatic rings. The van der Waals surface area contributed by atoms with Crippen LogP contribution in [-0.4, -0.2) is 41.8 Å². The maximum atomic E-state index is 13.2. The van der Waals surface area contributed by atoms with Gasteiger partial charge in [-0.3, -0.25) is 14.8 Å². The van der Waals surface area contributed by atoms with Crippen molar-refractivity contribution in [3.05, 3.63) is 82.2 Å². The van der Waals surface area contributed by atoms with Crippen molar-refractivity contribution in [1.29, 1.82) is 0 Å². The van der Waals surface area contributed by atoms with E-state index >= 15 is 0 Å². The van der Waals surface area contributed by atoms with Gasteiger partial charge in [-0.05, 0) is 55.8 Å². The number of aryl methyl sites for hydroxylation is 1. The lowest BCUT2D eigenvalue weighted by molar-refractivity contribution is 0.0525. The minimum Gasteiger partial charge on any atom is -0.465 e. The van der Waals surface area contributed by atoms with E-state index in [0.717, 1.165) is 16.8 Å². The molecule has 2 heterocycles. The maximum absolute atomic E-state index is 13.2. The number of aromatic nitrogens is 2. The summed E-state index contributed by atoms with van der Waals surface area (Å²) >= 11 is 0. The summed E-state index contributed by atoms with van der Waals surface area (Å²) < 4.78 is 9.79. The summed E-state index contributed by atoms with van der Waals surface area (Å²) in [5.41, 5.74) is 4.20. The Morgan fingerprint density at radius 1 is 1.03 bits per heavy atom. The molecular weight excluding hydrogens is 398 g/mol. The van der Waals surface area contributed by atoms with Crippen LogP contribution < -0.4 is 4.90 Å². The van der Waals surface area contributed by atoms with Gasteiger partial charge < -0.3 is 9.47 Å². The first-order chi connectivity index (χ1) is 15.0. The van der Waals surface area contributed by atoms with Gasteiger partial charge in [-0.15, -0.1) is 0 Å². The highest BCUT2D eigenvalue weighted by Gasteiger charge is 2.42. The van der Waals surface area contributed by atoms with Crippen LogP contribution in [0.1, 0.15) is 61.0 Å². The van der Waals surface area contributed by atoms with Crippen molar-refractivity contribution in [3.8, 4) is 0 Å². The van der Waals surface area contributed by atoms with E-state index in [9.17, 15) is 14.4 Å². The first-order valence-corrected chi connectivity index (χ1v) is 9.80. The number of hydrogen-bond acceptors (Lipinski definition) is 6. The molecule has 0 radical (unpaired) electrons. The smallest absolute Gasteiger partial charge is 0.338 e. The fraction of sp³-hybridized carbons (Fsp3) is 0.217. The fourth-order valence-corrected chi connectivity index (χ4v) is 3.77. The van der Waals surface area contributed by atoms with Crippen molar-refractivity contribution in [2.45, 2.75) is 19.9 Å². The van der Waals surface area contributed by atoms with E-state index in [1.54, 1.807) is 60.4 Å². The summed E-state index contributed by atoms with van der Waals surface area (Å²) in [6.45, 7) is 3.90. The number of nitrogens with one attached hydrogen (secondary N) is 1. The number of esters is 2. The quantitative estimate of drug-likeness (QED) is 0.636. The van der Waals surface area contributed by atoms with E-state index in [1.807, 2.05) is 6.92 Å². The van der Waals surface area contributed by atoms with E-state index in [4.69, 9.17) is 9.47 Å². The fourth-order valence-electron chi connectivity index (χ4n) is 3.77. The van der Waals surface area contributed by atoms with Crippen LogP contribution in [-0.2, 0) is 9.47 Å². The number of aromatic amines is 1. The Bertz CT molecular complexity index is 1150. The van der Waals surface area contributed by atoms with Gasteiger partial charge in [0.1, 0.15) is 0 Å². The predicted molar refractivity (Wildman–Crippen MR) is 112 cm³/mol.